The van der Waals surface area contributed by atoms with Crippen molar-refractivity contribution in [2.24, 2.45) is 0 Å². The van der Waals surface area contributed by atoms with Crippen LogP contribution in [-0.2, 0) is 30.7 Å². The van der Waals surface area contributed by atoms with E-state index >= 15 is 0 Å². The van der Waals surface area contributed by atoms with Gasteiger partial charge in [0.25, 0.3) is 0 Å². The fourth-order valence-electron chi connectivity index (χ4n) is 1.91. The monoisotopic (exact) mass is 588 g/mol. The molecule has 3 rings (SSSR count). The molecule has 1 aliphatic rings. The third kappa shape index (κ3) is 5.66. The van der Waals surface area contributed by atoms with Gasteiger partial charge < -0.3 is 9.62 Å². The fraction of sp³-hybridized carbons (Fsp3) is 0.133. The first-order chi connectivity index (χ1) is 12.0. The number of rotatable bonds is 4. The number of hydrogen-bond acceptors (Lipinski definition) is 6. The van der Waals surface area contributed by atoms with Gasteiger partial charge in [-0.1, -0.05) is 29.3 Å². The Morgan fingerprint density at radius 3 is 2.46 bits per heavy atom. The predicted molar refractivity (Wildman–Crippen MR) is 91.6 cm³/mol. The minimum atomic E-state index is -0.625. The van der Waals surface area contributed by atoms with Crippen LogP contribution in [-0.4, -0.2) is 24.2 Å². The van der Waals surface area contributed by atoms with Crippen molar-refractivity contribution >= 4 is 52.8 Å². The standard InChI is InChI=1S/C14H10Cl2F2N3S.CO2.W/c15-8-7-9(21-5-2-6-21)12(16)13(18)14(8)22-20-11-4-1-3-10(17)19-11;2-1-3;/h1-4,7H,5-6H2,(H,19,20);;/q-1;;. The summed E-state index contributed by atoms with van der Waals surface area (Å²) in [4.78, 5) is 21.9. The molecule has 2 aromatic rings. The average molecular weight is 589 g/mol. The van der Waals surface area contributed by atoms with E-state index in [4.69, 9.17) is 32.8 Å². The Bertz CT molecular complexity index is 807. The van der Waals surface area contributed by atoms with E-state index in [1.807, 2.05) is 11.3 Å². The van der Waals surface area contributed by atoms with E-state index in [9.17, 15) is 8.78 Å². The summed E-state index contributed by atoms with van der Waals surface area (Å²) in [6.45, 7) is 1.43. The van der Waals surface area contributed by atoms with Crippen LogP contribution in [0.1, 0.15) is 0 Å². The van der Waals surface area contributed by atoms with Crippen LogP contribution in [0.3, 0.4) is 0 Å². The molecule has 0 aliphatic carbocycles. The van der Waals surface area contributed by atoms with Crippen molar-refractivity contribution in [1.82, 2.24) is 4.98 Å². The normalized spacial score (nSPS) is 12.1. The van der Waals surface area contributed by atoms with E-state index in [-0.39, 0.29) is 48.0 Å². The smallest absolute Gasteiger partial charge is 0.373 e. The fourth-order valence-corrected chi connectivity index (χ4v) is 3.21. The van der Waals surface area contributed by atoms with Gasteiger partial charge in [0.15, 0.2) is 5.82 Å². The van der Waals surface area contributed by atoms with Gasteiger partial charge in [-0.05, 0) is 30.1 Å². The van der Waals surface area contributed by atoms with Crippen molar-refractivity contribution in [2.75, 3.05) is 22.7 Å². The molecule has 1 aliphatic heterocycles. The first kappa shape index (κ1) is 22.9. The Hall–Kier alpha value is -1.17. The second-order valence-corrected chi connectivity index (χ2v) is 6.26. The van der Waals surface area contributed by atoms with Gasteiger partial charge in [0, 0.05) is 21.1 Å². The van der Waals surface area contributed by atoms with Crippen molar-refractivity contribution in [3.63, 3.8) is 0 Å². The van der Waals surface area contributed by atoms with Crippen molar-refractivity contribution in [3.05, 3.63) is 52.5 Å². The molecule has 26 heavy (non-hydrogen) atoms. The Balaban J connectivity index is 0.000000791. The summed E-state index contributed by atoms with van der Waals surface area (Å²) < 4.78 is 30.2. The molecule has 1 saturated heterocycles. The summed E-state index contributed by atoms with van der Waals surface area (Å²) >= 11 is 13.1. The molecular formula is C15H10Cl2F2N3O2SW-. The van der Waals surface area contributed by atoms with E-state index in [0.717, 1.165) is 11.9 Å². The largest absolute Gasteiger partial charge is 0.430 e. The third-order valence-corrected chi connectivity index (χ3v) is 4.79. The molecular weight excluding hydrogens is 579 g/mol. The Morgan fingerprint density at radius 1 is 1.27 bits per heavy atom. The zero-order valence-electron chi connectivity index (χ0n) is 12.8. The van der Waals surface area contributed by atoms with Crippen LogP contribution in [0.25, 0.3) is 0 Å². The van der Waals surface area contributed by atoms with Gasteiger partial charge in [-0.3, -0.25) is 6.42 Å². The van der Waals surface area contributed by atoms with Crippen LogP contribution in [0.5, 0.6) is 0 Å². The van der Waals surface area contributed by atoms with E-state index in [2.05, 4.69) is 9.71 Å². The number of anilines is 2. The molecule has 1 aromatic carbocycles. The number of aromatic nitrogens is 1. The number of nitrogens with zero attached hydrogens (tertiary/aromatic N) is 2. The van der Waals surface area contributed by atoms with Crippen molar-refractivity contribution in [2.45, 2.75) is 4.90 Å². The molecule has 11 heteroatoms. The Labute approximate surface area is 176 Å². The molecule has 0 spiro atoms. The van der Waals surface area contributed by atoms with Crippen LogP contribution in [0.15, 0.2) is 29.2 Å². The summed E-state index contributed by atoms with van der Waals surface area (Å²) in [5.74, 6) is -0.970. The number of benzene rings is 1. The van der Waals surface area contributed by atoms with Crippen molar-refractivity contribution < 1.29 is 39.4 Å². The quantitative estimate of drug-likeness (QED) is 0.250. The minimum absolute atomic E-state index is 0. The summed E-state index contributed by atoms with van der Waals surface area (Å²) in [6.07, 6.45) is 2.29. The van der Waals surface area contributed by atoms with Gasteiger partial charge in [0.1, 0.15) is 10.8 Å². The average Bonchev–Trinajstić information content (AvgIpc) is 2.51. The maximum atomic E-state index is 14.4. The molecule has 1 aromatic heterocycles. The summed E-state index contributed by atoms with van der Waals surface area (Å²) in [7, 11) is 0. The maximum Gasteiger partial charge on any atom is 0.373 e. The van der Waals surface area contributed by atoms with Crippen LogP contribution in [0.2, 0.25) is 10.0 Å². The first-order valence-electron chi connectivity index (χ1n) is 6.76. The van der Waals surface area contributed by atoms with Gasteiger partial charge in [0.2, 0.25) is 5.95 Å². The van der Waals surface area contributed by atoms with Crippen molar-refractivity contribution in [1.29, 1.82) is 0 Å². The molecule has 2 heterocycles. The zero-order chi connectivity index (χ0) is 18.4. The van der Waals surface area contributed by atoms with Gasteiger partial charge >= 0.3 is 6.15 Å². The van der Waals surface area contributed by atoms with Crippen LogP contribution >= 0.6 is 35.1 Å². The minimum Gasteiger partial charge on any atom is -0.430 e. The van der Waals surface area contributed by atoms with E-state index in [0.29, 0.717) is 18.8 Å². The molecule has 0 amide bonds. The number of halogens is 4. The van der Waals surface area contributed by atoms with E-state index in [1.54, 1.807) is 12.1 Å². The SMILES string of the molecule is Fc1cccc(NSc2c(Cl)cc(N3C[CH-]C3)c(Cl)c2F)n1.O=C=O.[W]. The van der Waals surface area contributed by atoms with Crippen LogP contribution in [0, 0.1) is 18.2 Å². The molecule has 0 unspecified atom stereocenters. The number of nitrogens with one attached hydrogen (secondary N) is 1. The molecule has 1 N–H and O–H groups in total. The Morgan fingerprint density at radius 2 is 1.92 bits per heavy atom. The number of pyridine rings is 1. The molecule has 138 valence electrons. The summed E-state index contributed by atoms with van der Waals surface area (Å²) in [5.41, 5.74) is 0.569. The van der Waals surface area contributed by atoms with E-state index in [1.165, 1.54) is 12.1 Å². The van der Waals surface area contributed by atoms with E-state index < -0.39 is 11.8 Å². The molecule has 0 saturated carbocycles. The van der Waals surface area contributed by atoms with Gasteiger partial charge in [0.05, 0.1) is 15.6 Å². The predicted octanol–water partition coefficient (Wildman–Crippen LogP) is 4.22. The molecule has 0 bridgehead atoms. The second-order valence-electron chi connectivity index (χ2n) is 4.66. The van der Waals surface area contributed by atoms with Gasteiger partial charge in [-0.25, -0.2) is 9.37 Å². The summed E-state index contributed by atoms with van der Waals surface area (Å²) in [5, 5.41) is 0.256. The van der Waals surface area contributed by atoms with Gasteiger partial charge in [-0.2, -0.15) is 14.0 Å². The summed E-state index contributed by atoms with van der Waals surface area (Å²) in [6, 6.07) is 5.91. The van der Waals surface area contributed by atoms with Crippen LogP contribution in [0.4, 0.5) is 20.3 Å². The number of hydrogen-bond donors (Lipinski definition) is 1. The molecule has 0 radical (unpaired) electrons. The number of carbonyl (C=O) groups excluding carboxylic acids is 2. The second kappa shape index (κ2) is 10.9. The maximum absolute atomic E-state index is 14.4. The van der Waals surface area contributed by atoms with Crippen LogP contribution < -0.4 is 9.62 Å². The third-order valence-electron chi connectivity index (χ3n) is 3.11. The van der Waals surface area contributed by atoms with Crippen molar-refractivity contribution in [3.8, 4) is 0 Å². The Kier molecular flexibility index (Phi) is 9.54. The molecule has 0 atom stereocenters. The topological polar surface area (TPSA) is 62.3 Å². The molecule has 1 fully saturated rings. The molecule has 5 nitrogen and oxygen atoms in total. The first-order valence-corrected chi connectivity index (χ1v) is 8.34. The zero-order valence-corrected chi connectivity index (χ0v) is 18.1. The van der Waals surface area contributed by atoms with Gasteiger partial charge in [-0.15, -0.1) is 13.1 Å².